The van der Waals surface area contributed by atoms with Crippen molar-refractivity contribution in [2.24, 2.45) is 0 Å². The Morgan fingerprint density at radius 1 is 0.806 bits per heavy atom. The highest BCUT2D eigenvalue weighted by Crippen LogP contribution is 2.24. The molecule has 0 N–H and O–H groups in total. The summed E-state index contributed by atoms with van der Waals surface area (Å²) in [6.07, 6.45) is 1.77. The Kier molecular flexibility index (Phi) is 5.47. The van der Waals surface area contributed by atoms with E-state index in [-0.39, 0.29) is 0 Å². The standard InChI is InChI=1S/C22H25N5O3S/c28-31(29,20-6-5-18-3-1-2-4-19(18)17-20)27-11-9-25(10-12-27)21-7-8-23-22(24-21)26-13-15-30-16-14-26/h1-8,17H,9-16H2. The number of fused-ring (bicyclic) bond motifs is 1. The lowest BCUT2D eigenvalue weighted by molar-refractivity contribution is 0.122. The van der Waals surface area contributed by atoms with Gasteiger partial charge in [0.1, 0.15) is 5.82 Å². The molecule has 3 heterocycles. The summed E-state index contributed by atoms with van der Waals surface area (Å²) in [5.41, 5.74) is 0. The molecule has 0 radical (unpaired) electrons. The molecule has 2 fully saturated rings. The quantitative estimate of drug-likeness (QED) is 0.615. The van der Waals surface area contributed by atoms with Crippen LogP contribution < -0.4 is 9.80 Å². The molecule has 31 heavy (non-hydrogen) atoms. The SMILES string of the molecule is O=S(=O)(c1ccc2ccccc2c1)N1CCN(c2ccnc(N3CCOCC3)n2)CC1. The average molecular weight is 440 g/mol. The van der Waals surface area contributed by atoms with Crippen LogP contribution in [0.4, 0.5) is 11.8 Å². The first-order valence-corrected chi connectivity index (χ1v) is 11.9. The molecular formula is C22H25N5O3S. The molecular weight excluding hydrogens is 414 g/mol. The number of benzene rings is 2. The fourth-order valence-corrected chi connectivity index (χ4v) is 5.52. The Morgan fingerprint density at radius 3 is 2.32 bits per heavy atom. The lowest BCUT2D eigenvalue weighted by atomic mass is 10.1. The summed E-state index contributed by atoms with van der Waals surface area (Å²) in [4.78, 5) is 13.7. The van der Waals surface area contributed by atoms with Crippen molar-refractivity contribution < 1.29 is 13.2 Å². The first-order chi connectivity index (χ1) is 15.1. The van der Waals surface area contributed by atoms with Gasteiger partial charge in [0.25, 0.3) is 0 Å². The number of morpholine rings is 1. The first-order valence-electron chi connectivity index (χ1n) is 10.5. The number of piperazine rings is 1. The van der Waals surface area contributed by atoms with E-state index < -0.39 is 10.0 Å². The van der Waals surface area contributed by atoms with Gasteiger partial charge in [-0.15, -0.1) is 0 Å². The fourth-order valence-electron chi connectivity index (χ4n) is 4.07. The smallest absolute Gasteiger partial charge is 0.243 e. The van der Waals surface area contributed by atoms with Crippen LogP contribution in [0.3, 0.4) is 0 Å². The third kappa shape index (κ3) is 4.08. The van der Waals surface area contributed by atoms with Gasteiger partial charge < -0.3 is 14.5 Å². The Balaban J connectivity index is 1.29. The van der Waals surface area contributed by atoms with Crippen LogP contribution in [0.15, 0.2) is 59.6 Å². The van der Waals surface area contributed by atoms with Gasteiger partial charge in [-0.05, 0) is 29.0 Å². The third-order valence-corrected chi connectivity index (χ3v) is 7.74. The van der Waals surface area contributed by atoms with Gasteiger partial charge in [0, 0.05) is 45.5 Å². The zero-order valence-electron chi connectivity index (χ0n) is 17.2. The minimum atomic E-state index is -3.53. The van der Waals surface area contributed by atoms with Crippen molar-refractivity contribution in [3.05, 3.63) is 54.7 Å². The van der Waals surface area contributed by atoms with E-state index in [1.165, 1.54) is 0 Å². The van der Waals surface area contributed by atoms with Gasteiger partial charge in [0.2, 0.25) is 16.0 Å². The summed E-state index contributed by atoms with van der Waals surface area (Å²) in [5.74, 6) is 1.53. The zero-order chi connectivity index (χ0) is 21.3. The van der Waals surface area contributed by atoms with Crippen LogP contribution in [0.25, 0.3) is 10.8 Å². The fraction of sp³-hybridized carbons (Fsp3) is 0.364. The predicted octanol–water partition coefficient (Wildman–Crippen LogP) is 1.98. The molecule has 2 aromatic carbocycles. The van der Waals surface area contributed by atoms with E-state index in [1.807, 2.05) is 36.4 Å². The summed E-state index contributed by atoms with van der Waals surface area (Å²) in [6.45, 7) is 4.94. The third-order valence-electron chi connectivity index (χ3n) is 5.84. The van der Waals surface area contributed by atoms with E-state index in [1.54, 1.807) is 22.6 Å². The molecule has 0 atom stereocenters. The second kappa shape index (κ2) is 8.41. The maximum absolute atomic E-state index is 13.2. The molecule has 2 saturated heterocycles. The molecule has 0 amide bonds. The zero-order valence-corrected chi connectivity index (χ0v) is 18.0. The van der Waals surface area contributed by atoms with Gasteiger partial charge in [-0.25, -0.2) is 13.4 Å². The minimum Gasteiger partial charge on any atom is -0.378 e. The number of anilines is 2. The maximum Gasteiger partial charge on any atom is 0.243 e. The normalized spacial score (nSPS) is 18.5. The van der Waals surface area contributed by atoms with Gasteiger partial charge >= 0.3 is 0 Å². The van der Waals surface area contributed by atoms with Crippen molar-refractivity contribution in [2.75, 3.05) is 62.3 Å². The number of nitrogens with zero attached hydrogens (tertiary/aromatic N) is 5. The number of rotatable bonds is 4. The van der Waals surface area contributed by atoms with Crippen molar-refractivity contribution >= 4 is 32.6 Å². The van der Waals surface area contributed by atoms with Gasteiger partial charge in [-0.1, -0.05) is 30.3 Å². The molecule has 0 saturated carbocycles. The molecule has 9 heteroatoms. The Bertz CT molecular complexity index is 1170. The van der Waals surface area contributed by atoms with Crippen LogP contribution in [0.1, 0.15) is 0 Å². The lowest BCUT2D eigenvalue weighted by Crippen LogP contribution is -2.49. The van der Waals surface area contributed by atoms with Gasteiger partial charge in [-0.3, -0.25) is 0 Å². The summed E-state index contributed by atoms with van der Waals surface area (Å²) < 4.78 is 33.4. The van der Waals surface area contributed by atoms with Crippen LogP contribution in [-0.2, 0) is 14.8 Å². The number of hydrogen-bond acceptors (Lipinski definition) is 7. The largest absolute Gasteiger partial charge is 0.378 e. The Morgan fingerprint density at radius 2 is 1.55 bits per heavy atom. The van der Waals surface area contributed by atoms with E-state index in [9.17, 15) is 8.42 Å². The molecule has 2 aliphatic heterocycles. The van der Waals surface area contributed by atoms with Gasteiger partial charge in [0.15, 0.2) is 0 Å². The monoisotopic (exact) mass is 439 g/mol. The van der Waals surface area contributed by atoms with E-state index in [4.69, 9.17) is 9.72 Å². The minimum absolute atomic E-state index is 0.344. The molecule has 5 rings (SSSR count). The lowest BCUT2D eigenvalue weighted by Gasteiger charge is -2.35. The predicted molar refractivity (Wildman–Crippen MR) is 120 cm³/mol. The molecule has 0 bridgehead atoms. The van der Waals surface area contributed by atoms with Crippen LogP contribution in [0, 0.1) is 0 Å². The average Bonchev–Trinajstić information content (AvgIpc) is 2.84. The molecule has 162 valence electrons. The molecule has 0 aliphatic carbocycles. The summed E-state index contributed by atoms with van der Waals surface area (Å²) in [6, 6.07) is 15.0. The second-order valence-corrected chi connectivity index (χ2v) is 9.65. The number of ether oxygens (including phenoxy) is 1. The van der Waals surface area contributed by atoms with Crippen LogP contribution in [0.2, 0.25) is 0 Å². The first kappa shape index (κ1) is 20.2. The molecule has 1 aromatic heterocycles. The van der Waals surface area contributed by atoms with Crippen molar-refractivity contribution in [1.29, 1.82) is 0 Å². The Labute approximate surface area is 182 Å². The highest BCUT2D eigenvalue weighted by Gasteiger charge is 2.29. The van der Waals surface area contributed by atoms with Crippen LogP contribution in [-0.4, -0.2) is 75.2 Å². The molecule has 8 nitrogen and oxygen atoms in total. The second-order valence-electron chi connectivity index (χ2n) is 7.71. The summed E-state index contributed by atoms with van der Waals surface area (Å²) >= 11 is 0. The van der Waals surface area contributed by atoms with Crippen molar-refractivity contribution in [2.45, 2.75) is 4.90 Å². The highest BCUT2D eigenvalue weighted by molar-refractivity contribution is 7.89. The molecule has 3 aromatic rings. The topological polar surface area (TPSA) is 78.9 Å². The Hall–Kier alpha value is -2.75. The van der Waals surface area contributed by atoms with Crippen molar-refractivity contribution in [3.63, 3.8) is 0 Å². The van der Waals surface area contributed by atoms with Crippen LogP contribution in [0.5, 0.6) is 0 Å². The van der Waals surface area contributed by atoms with Crippen molar-refractivity contribution in [1.82, 2.24) is 14.3 Å². The molecule has 0 unspecified atom stereocenters. The van der Waals surface area contributed by atoms with E-state index >= 15 is 0 Å². The number of hydrogen-bond donors (Lipinski definition) is 0. The summed E-state index contributed by atoms with van der Waals surface area (Å²) in [7, 11) is -3.53. The number of sulfonamides is 1. The van der Waals surface area contributed by atoms with E-state index in [0.717, 1.165) is 29.7 Å². The molecule has 0 spiro atoms. The summed E-state index contributed by atoms with van der Waals surface area (Å²) in [5, 5.41) is 1.96. The van der Waals surface area contributed by atoms with Crippen LogP contribution >= 0.6 is 0 Å². The highest BCUT2D eigenvalue weighted by atomic mass is 32.2. The number of aromatic nitrogens is 2. The van der Waals surface area contributed by atoms with Gasteiger partial charge in [0.05, 0.1) is 18.1 Å². The van der Waals surface area contributed by atoms with Crippen molar-refractivity contribution in [3.8, 4) is 0 Å². The maximum atomic E-state index is 13.2. The molecule has 2 aliphatic rings. The van der Waals surface area contributed by atoms with E-state index in [2.05, 4.69) is 14.8 Å². The van der Waals surface area contributed by atoms with E-state index in [0.29, 0.717) is 50.2 Å². The van der Waals surface area contributed by atoms with Gasteiger partial charge in [-0.2, -0.15) is 9.29 Å².